The van der Waals surface area contributed by atoms with Crippen LogP contribution in [0.2, 0.25) is 0 Å². The van der Waals surface area contributed by atoms with Gasteiger partial charge in [0.15, 0.2) is 0 Å². The Bertz CT molecular complexity index is 1500. The first-order valence-corrected chi connectivity index (χ1v) is 12.5. The molecule has 7 nitrogen and oxygen atoms in total. The number of sulfonamides is 1. The first-order valence-electron chi connectivity index (χ1n) is 9.59. The van der Waals surface area contributed by atoms with Crippen LogP contribution in [0, 0.1) is 6.92 Å². The fourth-order valence-corrected chi connectivity index (χ4v) is 5.25. The SMILES string of the molecule is Cc1ccc(S(=O)(=O)Nc2ccc(Nc3ccc4ccccc4c3S(=O)(=O)O)cc2)cc1. The summed E-state index contributed by atoms with van der Waals surface area (Å²) < 4.78 is 61.5. The van der Waals surface area contributed by atoms with Crippen LogP contribution in [0.5, 0.6) is 0 Å². The number of benzene rings is 4. The van der Waals surface area contributed by atoms with E-state index >= 15 is 0 Å². The zero-order valence-electron chi connectivity index (χ0n) is 17.0. The Morgan fingerprint density at radius 1 is 0.719 bits per heavy atom. The molecule has 164 valence electrons. The molecule has 0 spiro atoms. The summed E-state index contributed by atoms with van der Waals surface area (Å²) in [5.74, 6) is 0. The van der Waals surface area contributed by atoms with Crippen LogP contribution in [0.3, 0.4) is 0 Å². The van der Waals surface area contributed by atoms with Crippen molar-refractivity contribution in [3.05, 3.63) is 90.5 Å². The summed E-state index contributed by atoms with van der Waals surface area (Å²) in [6.07, 6.45) is 0. The molecule has 0 amide bonds. The molecule has 0 heterocycles. The molecule has 0 aromatic heterocycles. The Morgan fingerprint density at radius 2 is 1.34 bits per heavy atom. The average Bonchev–Trinajstić information content (AvgIpc) is 2.74. The van der Waals surface area contributed by atoms with E-state index < -0.39 is 20.1 Å². The Kier molecular flexibility index (Phi) is 5.64. The molecule has 4 aromatic carbocycles. The van der Waals surface area contributed by atoms with Gasteiger partial charge in [0.05, 0.1) is 10.6 Å². The monoisotopic (exact) mass is 468 g/mol. The highest BCUT2D eigenvalue weighted by atomic mass is 32.2. The Hall–Kier alpha value is -3.40. The maximum absolute atomic E-state index is 12.5. The molecular formula is C23H20N2O5S2. The van der Waals surface area contributed by atoms with Gasteiger partial charge in [-0.1, -0.05) is 48.0 Å². The molecule has 0 fully saturated rings. The maximum Gasteiger partial charge on any atom is 0.297 e. The molecule has 32 heavy (non-hydrogen) atoms. The number of nitrogens with one attached hydrogen (secondary N) is 2. The van der Waals surface area contributed by atoms with Crippen molar-refractivity contribution in [3.8, 4) is 0 Å². The predicted octanol–water partition coefficient (Wildman–Crippen LogP) is 4.94. The molecular weight excluding hydrogens is 448 g/mol. The van der Waals surface area contributed by atoms with Crippen molar-refractivity contribution in [2.24, 2.45) is 0 Å². The minimum absolute atomic E-state index is 0.152. The van der Waals surface area contributed by atoms with E-state index in [2.05, 4.69) is 10.0 Å². The van der Waals surface area contributed by atoms with Crippen LogP contribution in [0.15, 0.2) is 94.7 Å². The molecule has 0 bridgehead atoms. The van der Waals surface area contributed by atoms with E-state index in [-0.39, 0.29) is 15.5 Å². The lowest BCUT2D eigenvalue weighted by molar-refractivity contribution is 0.484. The van der Waals surface area contributed by atoms with E-state index in [0.717, 1.165) is 5.56 Å². The summed E-state index contributed by atoms with van der Waals surface area (Å²) in [4.78, 5) is -0.0704. The molecule has 0 saturated carbocycles. The highest BCUT2D eigenvalue weighted by Crippen LogP contribution is 2.32. The number of hydrogen-bond acceptors (Lipinski definition) is 5. The lowest BCUT2D eigenvalue weighted by atomic mass is 10.1. The van der Waals surface area contributed by atoms with E-state index in [1.807, 2.05) is 6.92 Å². The van der Waals surface area contributed by atoms with Gasteiger partial charge in [0, 0.05) is 16.8 Å². The van der Waals surface area contributed by atoms with Gasteiger partial charge in [-0.25, -0.2) is 8.42 Å². The number of rotatable bonds is 6. The van der Waals surface area contributed by atoms with Gasteiger partial charge in [0.25, 0.3) is 20.1 Å². The van der Waals surface area contributed by atoms with Crippen molar-refractivity contribution >= 4 is 48.0 Å². The second-order valence-corrected chi connectivity index (χ2v) is 10.3. The van der Waals surface area contributed by atoms with Crippen LogP contribution >= 0.6 is 0 Å². The standard InChI is InChI=1S/C23H20N2O5S2/c1-16-6-13-20(14-7-16)31(26,27)25-19-11-9-18(10-12-19)24-22-15-8-17-4-2-3-5-21(17)23(22)32(28,29)30/h2-15,24-25H,1H3,(H,28,29,30). The topological polar surface area (TPSA) is 113 Å². The molecule has 0 aliphatic heterocycles. The fourth-order valence-electron chi connectivity index (χ4n) is 3.33. The Labute approximate surface area is 186 Å². The summed E-state index contributed by atoms with van der Waals surface area (Å²) in [7, 11) is -8.24. The molecule has 0 atom stereocenters. The van der Waals surface area contributed by atoms with Crippen molar-refractivity contribution in [2.75, 3.05) is 10.0 Å². The van der Waals surface area contributed by atoms with Crippen molar-refractivity contribution in [1.29, 1.82) is 0 Å². The van der Waals surface area contributed by atoms with Crippen molar-refractivity contribution in [1.82, 2.24) is 0 Å². The smallest absolute Gasteiger partial charge is 0.297 e. The van der Waals surface area contributed by atoms with Crippen molar-refractivity contribution < 1.29 is 21.4 Å². The second kappa shape index (κ2) is 8.27. The third-order valence-corrected chi connectivity index (χ3v) is 7.24. The summed E-state index contributed by atoms with van der Waals surface area (Å²) in [5, 5.41) is 4.05. The zero-order valence-corrected chi connectivity index (χ0v) is 18.6. The van der Waals surface area contributed by atoms with Gasteiger partial charge in [-0.3, -0.25) is 9.27 Å². The fraction of sp³-hybridized carbons (Fsp3) is 0.0435. The molecule has 0 saturated heterocycles. The average molecular weight is 469 g/mol. The quantitative estimate of drug-likeness (QED) is 0.346. The zero-order chi connectivity index (χ0) is 22.9. The number of fused-ring (bicyclic) bond motifs is 1. The third-order valence-electron chi connectivity index (χ3n) is 4.88. The number of anilines is 3. The van der Waals surface area contributed by atoms with Gasteiger partial charge in [-0.15, -0.1) is 0 Å². The second-order valence-electron chi connectivity index (χ2n) is 7.26. The largest absolute Gasteiger partial charge is 0.354 e. The van der Waals surface area contributed by atoms with Crippen molar-refractivity contribution in [3.63, 3.8) is 0 Å². The number of aryl methyl sites for hydroxylation is 1. The summed E-state index contributed by atoms with van der Waals surface area (Å²) >= 11 is 0. The molecule has 0 aliphatic rings. The van der Waals surface area contributed by atoms with Crippen LogP contribution < -0.4 is 10.0 Å². The van der Waals surface area contributed by atoms with Gasteiger partial charge < -0.3 is 5.32 Å². The van der Waals surface area contributed by atoms with Crippen LogP contribution in [0.25, 0.3) is 10.8 Å². The Morgan fingerprint density at radius 3 is 2.00 bits per heavy atom. The molecule has 0 unspecified atom stereocenters. The molecule has 4 rings (SSSR count). The van der Waals surface area contributed by atoms with Crippen LogP contribution in [-0.2, 0) is 20.1 Å². The van der Waals surface area contributed by atoms with E-state index in [1.165, 1.54) is 12.1 Å². The maximum atomic E-state index is 12.5. The molecule has 9 heteroatoms. The van der Waals surface area contributed by atoms with E-state index in [1.54, 1.807) is 72.8 Å². The predicted molar refractivity (Wildman–Crippen MR) is 125 cm³/mol. The van der Waals surface area contributed by atoms with Gasteiger partial charge in [0.2, 0.25) is 0 Å². The lowest BCUT2D eigenvalue weighted by Crippen LogP contribution is -2.12. The first kappa shape index (κ1) is 21.8. The third kappa shape index (κ3) is 4.59. The van der Waals surface area contributed by atoms with Crippen LogP contribution in [0.1, 0.15) is 5.56 Å². The van der Waals surface area contributed by atoms with Crippen LogP contribution in [0.4, 0.5) is 17.1 Å². The summed E-state index contributed by atoms with van der Waals surface area (Å²) in [6, 6.07) is 23.0. The summed E-state index contributed by atoms with van der Waals surface area (Å²) in [6.45, 7) is 1.87. The van der Waals surface area contributed by atoms with E-state index in [9.17, 15) is 21.4 Å². The molecule has 4 aromatic rings. The minimum atomic E-state index is -4.50. The molecule has 0 aliphatic carbocycles. The minimum Gasteiger partial charge on any atom is -0.354 e. The highest BCUT2D eigenvalue weighted by Gasteiger charge is 2.20. The summed E-state index contributed by atoms with van der Waals surface area (Å²) in [5.41, 5.74) is 2.03. The lowest BCUT2D eigenvalue weighted by Gasteiger charge is -2.14. The normalized spacial score (nSPS) is 11.9. The van der Waals surface area contributed by atoms with E-state index in [4.69, 9.17) is 0 Å². The molecule has 3 N–H and O–H groups in total. The van der Waals surface area contributed by atoms with Gasteiger partial charge in [-0.2, -0.15) is 8.42 Å². The Balaban J connectivity index is 1.61. The van der Waals surface area contributed by atoms with Gasteiger partial charge in [-0.05, 0) is 54.8 Å². The van der Waals surface area contributed by atoms with Crippen molar-refractivity contribution in [2.45, 2.75) is 16.7 Å². The highest BCUT2D eigenvalue weighted by molar-refractivity contribution is 7.92. The molecule has 0 radical (unpaired) electrons. The number of hydrogen-bond donors (Lipinski definition) is 3. The first-order chi connectivity index (χ1) is 15.1. The van der Waals surface area contributed by atoms with E-state index in [0.29, 0.717) is 22.1 Å². The van der Waals surface area contributed by atoms with Crippen LogP contribution in [-0.4, -0.2) is 21.4 Å². The van der Waals surface area contributed by atoms with Gasteiger partial charge >= 0.3 is 0 Å². The van der Waals surface area contributed by atoms with Gasteiger partial charge in [0.1, 0.15) is 4.90 Å².